The molecule has 1 saturated heterocycles. The van der Waals surface area contributed by atoms with Gasteiger partial charge in [-0.2, -0.15) is 0 Å². The van der Waals surface area contributed by atoms with Crippen LogP contribution < -0.4 is 10.1 Å². The summed E-state index contributed by atoms with van der Waals surface area (Å²) in [7, 11) is 0. The normalized spacial score (nSPS) is 18.1. The van der Waals surface area contributed by atoms with Crippen molar-refractivity contribution in [3.63, 3.8) is 0 Å². The molecular weight excluding hydrogens is 407 g/mol. The summed E-state index contributed by atoms with van der Waals surface area (Å²) < 4.78 is 13.5. The Balaban J connectivity index is 1.85. The number of aromatic amines is 1. The molecule has 1 aliphatic heterocycles. The molecule has 0 spiro atoms. The number of nitrogens with one attached hydrogen (secondary N) is 1. The highest BCUT2D eigenvalue weighted by Gasteiger charge is 2.44. The zero-order chi connectivity index (χ0) is 21.3. The van der Waals surface area contributed by atoms with Gasteiger partial charge in [0.15, 0.2) is 12.4 Å². The Morgan fingerprint density at radius 3 is 2.40 bits per heavy atom. The lowest BCUT2D eigenvalue weighted by atomic mass is 9.95. The van der Waals surface area contributed by atoms with E-state index < -0.39 is 29.3 Å². The van der Waals surface area contributed by atoms with E-state index in [0.29, 0.717) is 10.6 Å². The third-order valence-corrected chi connectivity index (χ3v) is 5.20. The predicted molar refractivity (Wildman–Crippen MR) is 106 cm³/mol. The van der Waals surface area contributed by atoms with Crippen molar-refractivity contribution in [1.29, 1.82) is 0 Å². The second-order valence-corrected chi connectivity index (χ2v) is 7.31. The third kappa shape index (κ3) is 3.69. The molecule has 30 heavy (non-hydrogen) atoms. The van der Waals surface area contributed by atoms with Crippen LogP contribution in [0.2, 0.25) is 5.02 Å². The standard InChI is InChI=1S/C23H16ClFN2O3/c24-17-7-3-16(4-8-17)21(28)19-20(15-5-9-18(25)10-6-15)27(23(30)22(19)29)13-14-2-1-11-26-12-14/h1-12,20,28H,13H2. The van der Waals surface area contributed by atoms with E-state index in [-0.39, 0.29) is 17.7 Å². The van der Waals surface area contributed by atoms with Crippen LogP contribution in [0.15, 0.2) is 78.6 Å². The minimum absolute atomic E-state index is 0.112. The molecule has 150 valence electrons. The van der Waals surface area contributed by atoms with Crippen molar-refractivity contribution >= 4 is 29.1 Å². The average molecular weight is 423 g/mol. The molecule has 0 aliphatic carbocycles. The van der Waals surface area contributed by atoms with Crippen LogP contribution >= 0.6 is 11.6 Å². The summed E-state index contributed by atoms with van der Waals surface area (Å²) in [5, 5.41) is 13.6. The van der Waals surface area contributed by atoms with Crippen LogP contribution in [-0.2, 0) is 16.1 Å². The Morgan fingerprint density at radius 1 is 1.07 bits per heavy atom. The van der Waals surface area contributed by atoms with Gasteiger partial charge in [-0.05, 0) is 41.5 Å². The summed E-state index contributed by atoms with van der Waals surface area (Å²) in [5.41, 5.74) is 1.32. The number of benzene rings is 2. The minimum Gasteiger partial charge on any atom is -0.872 e. The van der Waals surface area contributed by atoms with Gasteiger partial charge in [-0.25, -0.2) is 9.37 Å². The van der Waals surface area contributed by atoms with E-state index in [9.17, 15) is 19.1 Å². The van der Waals surface area contributed by atoms with Gasteiger partial charge in [0.25, 0.3) is 5.91 Å². The van der Waals surface area contributed by atoms with Crippen LogP contribution in [0.4, 0.5) is 4.39 Å². The van der Waals surface area contributed by atoms with Crippen molar-refractivity contribution < 1.29 is 24.1 Å². The van der Waals surface area contributed by atoms with Crippen molar-refractivity contribution in [1.82, 2.24) is 4.90 Å². The summed E-state index contributed by atoms with van der Waals surface area (Å²) in [6, 6.07) is 14.2. The van der Waals surface area contributed by atoms with Crippen LogP contribution in [-0.4, -0.2) is 16.6 Å². The van der Waals surface area contributed by atoms with E-state index in [4.69, 9.17) is 11.6 Å². The van der Waals surface area contributed by atoms with Crippen molar-refractivity contribution in [2.24, 2.45) is 0 Å². The molecule has 3 aromatic rings. The number of likely N-dealkylation sites (tertiary alicyclic amines) is 1. The van der Waals surface area contributed by atoms with Crippen molar-refractivity contribution in [3.8, 4) is 0 Å². The number of Topliss-reactive ketones (excluding diaryl/α,β-unsaturated/α-hetero) is 1. The molecule has 0 bridgehead atoms. The van der Waals surface area contributed by atoms with Crippen LogP contribution in [0.3, 0.4) is 0 Å². The number of hydrogen-bond acceptors (Lipinski definition) is 3. The zero-order valence-electron chi connectivity index (χ0n) is 15.6. The molecule has 2 aromatic carbocycles. The van der Waals surface area contributed by atoms with Gasteiger partial charge in [-0.3, -0.25) is 9.59 Å². The highest BCUT2D eigenvalue weighted by atomic mass is 35.5. The van der Waals surface area contributed by atoms with Crippen LogP contribution in [0.25, 0.3) is 5.76 Å². The fraction of sp³-hybridized carbons (Fsp3) is 0.0870. The maximum absolute atomic E-state index is 13.5. The molecule has 0 radical (unpaired) electrons. The summed E-state index contributed by atoms with van der Waals surface area (Å²) >= 11 is 5.89. The fourth-order valence-electron chi connectivity index (χ4n) is 3.51. The second-order valence-electron chi connectivity index (χ2n) is 6.88. The van der Waals surface area contributed by atoms with Gasteiger partial charge in [-0.1, -0.05) is 41.6 Å². The van der Waals surface area contributed by atoms with Gasteiger partial charge in [-0.15, -0.1) is 0 Å². The first-order valence-corrected chi connectivity index (χ1v) is 9.56. The monoisotopic (exact) mass is 422 g/mol. The summed E-state index contributed by atoms with van der Waals surface area (Å²) in [6.45, 7) is 0.112. The molecule has 1 N–H and O–H groups in total. The molecule has 7 heteroatoms. The lowest BCUT2D eigenvalue weighted by molar-refractivity contribution is -0.378. The average Bonchev–Trinajstić information content (AvgIpc) is 3.00. The van der Waals surface area contributed by atoms with E-state index in [1.165, 1.54) is 41.3 Å². The molecule has 1 amide bonds. The van der Waals surface area contributed by atoms with Crippen molar-refractivity contribution in [3.05, 3.63) is 106 Å². The molecule has 1 atom stereocenters. The van der Waals surface area contributed by atoms with E-state index in [1.54, 1.807) is 36.7 Å². The van der Waals surface area contributed by atoms with E-state index in [1.807, 2.05) is 0 Å². The number of aromatic nitrogens is 1. The summed E-state index contributed by atoms with van der Waals surface area (Å²) in [4.78, 5) is 30.0. The molecule has 1 aromatic heterocycles. The highest BCUT2D eigenvalue weighted by molar-refractivity contribution is 6.46. The van der Waals surface area contributed by atoms with E-state index in [0.717, 1.165) is 5.56 Å². The van der Waals surface area contributed by atoms with E-state index in [2.05, 4.69) is 4.98 Å². The first kappa shape index (κ1) is 19.8. The molecule has 1 fully saturated rings. The lowest BCUT2D eigenvalue weighted by Gasteiger charge is -2.27. The zero-order valence-corrected chi connectivity index (χ0v) is 16.4. The van der Waals surface area contributed by atoms with Gasteiger partial charge in [0, 0.05) is 22.2 Å². The molecule has 2 heterocycles. The number of amides is 1. The van der Waals surface area contributed by atoms with Crippen LogP contribution in [0.1, 0.15) is 22.7 Å². The lowest BCUT2D eigenvalue weighted by Crippen LogP contribution is -2.29. The summed E-state index contributed by atoms with van der Waals surface area (Å²) in [6.07, 6.45) is 3.43. The van der Waals surface area contributed by atoms with Crippen molar-refractivity contribution in [2.75, 3.05) is 0 Å². The first-order valence-electron chi connectivity index (χ1n) is 9.18. The molecular formula is C23H16ClFN2O3. The Kier molecular flexibility index (Phi) is 5.33. The maximum atomic E-state index is 13.5. The van der Waals surface area contributed by atoms with Gasteiger partial charge in [0.05, 0.1) is 12.6 Å². The van der Waals surface area contributed by atoms with Crippen molar-refractivity contribution in [2.45, 2.75) is 12.6 Å². The van der Waals surface area contributed by atoms with Gasteiger partial charge in [0.2, 0.25) is 5.78 Å². The topological polar surface area (TPSA) is 74.6 Å². The molecule has 1 unspecified atom stereocenters. The number of carbonyl (C=O) groups is 2. The molecule has 4 rings (SSSR count). The number of pyridine rings is 1. The smallest absolute Gasteiger partial charge is 0.295 e. The molecule has 0 saturated carbocycles. The Hall–Kier alpha value is -3.51. The van der Waals surface area contributed by atoms with Gasteiger partial charge < -0.3 is 10.0 Å². The number of halogens is 2. The van der Waals surface area contributed by atoms with Gasteiger partial charge >= 0.3 is 0 Å². The van der Waals surface area contributed by atoms with E-state index >= 15 is 0 Å². The Labute approximate surface area is 177 Å². The number of nitrogens with zero attached hydrogens (tertiary/aromatic N) is 1. The summed E-state index contributed by atoms with van der Waals surface area (Å²) in [5.74, 6) is -2.64. The quantitative estimate of drug-likeness (QED) is 0.368. The fourth-order valence-corrected chi connectivity index (χ4v) is 3.63. The van der Waals surface area contributed by atoms with Gasteiger partial charge in [0.1, 0.15) is 5.82 Å². The number of H-pyrrole nitrogens is 1. The van der Waals surface area contributed by atoms with Crippen LogP contribution in [0.5, 0.6) is 0 Å². The Morgan fingerprint density at radius 2 is 1.77 bits per heavy atom. The Bertz CT molecular complexity index is 1130. The number of hydrogen-bond donors (Lipinski definition) is 0. The number of carbonyl (C=O) groups excluding carboxylic acids is 2. The molecule has 5 nitrogen and oxygen atoms in total. The largest absolute Gasteiger partial charge is 0.872 e. The number of ketones is 1. The number of rotatable bonds is 4. The predicted octanol–water partition coefficient (Wildman–Crippen LogP) is 2.72. The minimum atomic E-state index is -0.922. The highest BCUT2D eigenvalue weighted by Crippen LogP contribution is 2.39. The maximum Gasteiger partial charge on any atom is 0.295 e. The van der Waals surface area contributed by atoms with Crippen LogP contribution in [0, 0.1) is 5.82 Å². The SMILES string of the molecule is O=C1C(=O)N(Cc2ccc[nH+]c2)C(c2ccc(F)cc2)C1=C([O-])c1ccc(Cl)cc1. The first-order chi connectivity index (χ1) is 14.5. The third-order valence-electron chi connectivity index (χ3n) is 4.95. The molecule has 1 aliphatic rings. The second kappa shape index (κ2) is 8.08.